The first-order valence-electron chi connectivity index (χ1n) is 8.95. The van der Waals surface area contributed by atoms with Gasteiger partial charge in [-0.2, -0.15) is 11.8 Å². The minimum Gasteiger partial charge on any atom is -0.374 e. The third-order valence-electron chi connectivity index (χ3n) is 3.62. The lowest BCUT2D eigenvalue weighted by Crippen LogP contribution is -2.38. The van der Waals surface area contributed by atoms with Gasteiger partial charge in [-0.05, 0) is 50.7 Å². The zero-order valence-electron chi connectivity index (χ0n) is 15.4. The lowest BCUT2D eigenvalue weighted by Gasteiger charge is -2.13. The van der Waals surface area contributed by atoms with Gasteiger partial charge in [-0.15, -0.1) is 0 Å². The molecule has 0 aromatic heterocycles. The second-order valence-corrected chi connectivity index (χ2v) is 6.65. The number of hydrogen-bond donors (Lipinski definition) is 2. The van der Waals surface area contributed by atoms with Gasteiger partial charge in [0.25, 0.3) is 0 Å². The molecule has 0 saturated heterocycles. The zero-order valence-corrected chi connectivity index (χ0v) is 16.2. The van der Waals surface area contributed by atoms with Gasteiger partial charge in [-0.3, -0.25) is 4.99 Å². The summed E-state index contributed by atoms with van der Waals surface area (Å²) in [6.07, 6.45) is 5.65. The summed E-state index contributed by atoms with van der Waals surface area (Å²) in [4.78, 5) is 4.61. The van der Waals surface area contributed by atoms with Gasteiger partial charge < -0.3 is 15.4 Å². The number of hydrogen-bond acceptors (Lipinski definition) is 3. The molecule has 5 heteroatoms. The van der Waals surface area contributed by atoms with E-state index in [0.717, 1.165) is 38.6 Å². The summed E-state index contributed by atoms with van der Waals surface area (Å²) < 4.78 is 5.88. The lowest BCUT2D eigenvalue weighted by molar-refractivity contribution is 0.0652. The minimum atomic E-state index is 0.137. The normalized spacial score (nSPS) is 12.9. The van der Waals surface area contributed by atoms with Crippen molar-refractivity contribution in [3.05, 3.63) is 35.9 Å². The number of benzene rings is 1. The van der Waals surface area contributed by atoms with Crippen molar-refractivity contribution in [2.24, 2.45) is 4.99 Å². The molecule has 1 aromatic rings. The van der Waals surface area contributed by atoms with Crippen LogP contribution in [0.3, 0.4) is 0 Å². The Balaban J connectivity index is 2.19. The largest absolute Gasteiger partial charge is 0.374 e. The van der Waals surface area contributed by atoms with E-state index in [0.29, 0.717) is 0 Å². The third-order valence-corrected chi connectivity index (χ3v) is 4.32. The van der Waals surface area contributed by atoms with E-state index in [1.165, 1.54) is 24.2 Å². The Morgan fingerprint density at radius 1 is 1.17 bits per heavy atom. The number of rotatable bonds is 12. The molecule has 0 amide bonds. The zero-order chi connectivity index (χ0) is 17.5. The van der Waals surface area contributed by atoms with Crippen LogP contribution < -0.4 is 10.6 Å². The van der Waals surface area contributed by atoms with Gasteiger partial charge in [-0.1, -0.05) is 30.3 Å². The Bertz CT molecular complexity index is 439. The van der Waals surface area contributed by atoms with Crippen LogP contribution >= 0.6 is 11.8 Å². The van der Waals surface area contributed by atoms with Gasteiger partial charge in [0.15, 0.2) is 5.96 Å². The Kier molecular flexibility index (Phi) is 12.3. The van der Waals surface area contributed by atoms with Crippen molar-refractivity contribution in [3.8, 4) is 0 Å². The van der Waals surface area contributed by atoms with Crippen LogP contribution in [0.2, 0.25) is 0 Å². The maximum atomic E-state index is 5.88. The quantitative estimate of drug-likeness (QED) is 0.341. The van der Waals surface area contributed by atoms with E-state index < -0.39 is 0 Å². The first-order chi connectivity index (χ1) is 11.8. The van der Waals surface area contributed by atoms with Crippen LogP contribution in [-0.4, -0.2) is 44.2 Å². The maximum Gasteiger partial charge on any atom is 0.191 e. The monoisotopic (exact) mass is 351 g/mol. The van der Waals surface area contributed by atoms with Crippen LogP contribution in [0.4, 0.5) is 0 Å². The molecule has 0 fully saturated rings. The number of ether oxygens (including phenoxy) is 1. The first kappa shape index (κ1) is 20.8. The lowest BCUT2D eigenvalue weighted by atomic mass is 10.1. The van der Waals surface area contributed by atoms with Crippen molar-refractivity contribution in [1.29, 1.82) is 0 Å². The topological polar surface area (TPSA) is 45.7 Å². The maximum absolute atomic E-state index is 5.88. The van der Waals surface area contributed by atoms with E-state index in [1.54, 1.807) is 0 Å². The van der Waals surface area contributed by atoms with Crippen LogP contribution in [-0.2, 0) is 4.74 Å². The molecule has 0 heterocycles. The van der Waals surface area contributed by atoms with E-state index >= 15 is 0 Å². The second kappa shape index (κ2) is 14.2. The Morgan fingerprint density at radius 2 is 1.96 bits per heavy atom. The summed E-state index contributed by atoms with van der Waals surface area (Å²) in [5, 5.41) is 6.69. The number of thioether (sulfide) groups is 1. The number of nitrogens with one attached hydrogen (secondary N) is 2. The fraction of sp³-hybridized carbons (Fsp3) is 0.632. The van der Waals surface area contributed by atoms with Gasteiger partial charge in [0.1, 0.15) is 0 Å². The summed E-state index contributed by atoms with van der Waals surface area (Å²) in [5.41, 5.74) is 1.22. The third kappa shape index (κ3) is 9.83. The highest BCUT2D eigenvalue weighted by molar-refractivity contribution is 7.98. The molecule has 24 heavy (non-hydrogen) atoms. The number of guanidine groups is 1. The molecule has 1 aromatic carbocycles. The van der Waals surface area contributed by atoms with Gasteiger partial charge in [0.05, 0.1) is 6.10 Å². The average Bonchev–Trinajstić information content (AvgIpc) is 2.61. The number of aliphatic imine (C=N–C) groups is 1. The van der Waals surface area contributed by atoms with Gasteiger partial charge in [0.2, 0.25) is 0 Å². The van der Waals surface area contributed by atoms with Gasteiger partial charge in [0, 0.05) is 26.2 Å². The van der Waals surface area contributed by atoms with E-state index in [9.17, 15) is 0 Å². The second-order valence-electron chi connectivity index (χ2n) is 5.66. The van der Waals surface area contributed by atoms with Crippen LogP contribution in [0.15, 0.2) is 35.3 Å². The van der Waals surface area contributed by atoms with Crippen molar-refractivity contribution < 1.29 is 4.74 Å². The standard InChI is InChI=1S/C19H33N3OS/c1-4-20-19(21-13-8-9-16-24-3)22-14-10-15-23-17(2)18-11-6-5-7-12-18/h5-7,11-12,17H,4,8-10,13-16H2,1-3H3,(H2,20,21,22). The summed E-state index contributed by atoms with van der Waals surface area (Å²) >= 11 is 1.90. The van der Waals surface area contributed by atoms with E-state index in [-0.39, 0.29) is 6.10 Å². The molecular weight excluding hydrogens is 318 g/mol. The molecule has 0 saturated carbocycles. The molecule has 136 valence electrons. The molecule has 2 N–H and O–H groups in total. The Labute approximate surface area is 151 Å². The predicted octanol–water partition coefficient (Wildman–Crippen LogP) is 3.85. The summed E-state index contributed by atoms with van der Waals surface area (Å²) in [5.74, 6) is 2.14. The molecule has 0 aliphatic carbocycles. The highest BCUT2D eigenvalue weighted by atomic mass is 32.2. The summed E-state index contributed by atoms with van der Waals surface area (Å²) in [7, 11) is 0. The van der Waals surface area contributed by atoms with E-state index in [4.69, 9.17) is 4.74 Å². The predicted molar refractivity (Wildman–Crippen MR) is 107 cm³/mol. The molecule has 1 atom stereocenters. The molecular formula is C19H33N3OS. The van der Waals surface area contributed by atoms with Crippen molar-refractivity contribution >= 4 is 17.7 Å². The van der Waals surface area contributed by atoms with Gasteiger partial charge >= 0.3 is 0 Å². The molecule has 0 aliphatic heterocycles. The smallest absolute Gasteiger partial charge is 0.191 e. The summed E-state index contributed by atoms with van der Waals surface area (Å²) in [6, 6.07) is 10.3. The molecule has 1 rings (SSSR count). The summed E-state index contributed by atoms with van der Waals surface area (Å²) in [6.45, 7) is 7.56. The minimum absolute atomic E-state index is 0.137. The van der Waals surface area contributed by atoms with Crippen molar-refractivity contribution in [3.63, 3.8) is 0 Å². The Morgan fingerprint density at radius 3 is 2.67 bits per heavy atom. The van der Waals surface area contributed by atoms with Crippen molar-refractivity contribution in [2.45, 2.75) is 39.2 Å². The highest BCUT2D eigenvalue weighted by Gasteiger charge is 2.04. The molecule has 1 unspecified atom stereocenters. The SMILES string of the molecule is CCNC(=NCCCOC(C)c1ccccc1)NCCCCSC. The van der Waals surface area contributed by atoms with Crippen LogP contribution in [0, 0.1) is 0 Å². The highest BCUT2D eigenvalue weighted by Crippen LogP contribution is 2.15. The van der Waals surface area contributed by atoms with Crippen LogP contribution in [0.25, 0.3) is 0 Å². The Hall–Kier alpha value is -1.20. The molecule has 4 nitrogen and oxygen atoms in total. The van der Waals surface area contributed by atoms with Crippen LogP contribution in [0.1, 0.15) is 44.8 Å². The average molecular weight is 352 g/mol. The number of unbranched alkanes of at least 4 members (excludes halogenated alkanes) is 1. The fourth-order valence-electron chi connectivity index (χ4n) is 2.26. The molecule has 0 spiro atoms. The van der Waals surface area contributed by atoms with Crippen molar-refractivity contribution in [1.82, 2.24) is 10.6 Å². The van der Waals surface area contributed by atoms with E-state index in [1.807, 2.05) is 30.0 Å². The molecule has 0 aliphatic rings. The fourth-order valence-corrected chi connectivity index (χ4v) is 2.75. The number of nitrogens with zero attached hydrogens (tertiary/aromatic N) is 1. The first-order valence-corrected chi connectivity index (χ1v) is 10.3. The van der Waals surface area contributed by atoms with E-state index in [2.05, 4.69) is 47.9 Å². The molecule has 0 bridgehead atoms. The van der Waals surface area contributed by atoms with Crippen LogP contribution in [0.5, 0.6) is 0 Å². The van der Waals surface area contributed by atoms with Crippen molar-refractivity contribution in [2.75, 3.05) is 38.2 Å². The molecule has 0 radical (unpaired) electrons. The van der Waals surface area contributed by atoms with Gasteiger partial charge in [-0.25, -0.2) is 0 Å².